The first kappa shape index (κ1) is 16.0. The molecule has 0 aliphatic carbocycles. The van der Waals surface area contributed by atoms with Gasteiger partial charge in [-0.15, -0.1) is 0 Å². The molecule has 0 saturated heterocycles. The number of carboxylic acid groups (broad SMARTS) is 1. The molecule has 0 aliphatic heterocycles. The number of aliphatic hydroxyl groups excluding tert-OH is 1. The second kappa shape index (κ2) is 6.91. The summed E-state index contributed by atoms with van der Waals surface area (Å²) < 4.78 is 5.00. The van der Waals surface area contributed by atoms with Crippen LogP contribution >= 0.6 is 0 Å². The number of hydrogen-bond donors (Lipinski definition) is 3. The van der Waals surface area contributed by atoms with E-state index in [1.165, 1.54) is 13.8 Å². The maximum absolute atomic E-state index is 11.7. The number of carbonyl (C=O) groups is 2. The van der Waals surface area contributed by atoms with Gasteiger partial charge < -0.3 is 20.3 Å². The van der Waals surface area contributed by atoms with Gasteiger partial charge in [0.25, 0.3) is 0 Å². The van der Waals surface area contributed by atoms with Crippen LogP contribution in [0.4, 0.5) is 4.79 Å². The average molecular weight is 281 g/mol. The van der Waals surface area contributed by atoms with E-state index in [1.54, 1.807) is 12.1 Å². The van der Waals surface area contributed by atoms with Crippen LogP contribution in [0.15, 0.2) is 30.3 Å². The van der Waals surface area contributed by atoms with E-state index in [-0.39, 0.29) is 6.61 Å². The van der Waals surface area contributed by atoms with E-state index in [2.05, 4.69) is 5.32 Å². The fourth-order valence-electron chi connectivity index (χ4n) is 1.60. The van der Waals surface area contributed by atoms with Gasteiger partial charge in [0.2, 0.25) is 0 Å². The van der Waals surface area contributed by atoms with Crippen molar-refractivity contribution in [3.05, 3.63) is 35.9 Å². The first-order valence-corrected chi connectivity index (χ1v) is 6.22. The number of alkyl carbamates (subject to hydrolysis) is 1. The van der Waals surface area contributed by atoms with Crippen LogP contribution in [0.1, 0.15) is 25.8 Å². The van der Waals surface area contributed by atoms with Crippen LogP contribution in [-0.2, 0) is 16.1 Å². The highest BCUT2D eigenvalue weighted by Gasteiger charge is 2.35. The summed E-state index contributed by atoms with van der Waals surface area (Å²) in [6.07, 6.45) is -2.19. The van der Waals surface area contributed by atoms with Gasteiger partial charge in [-0.3, -0.25) is 4.79 Å². The molecule has 1 aromatic rings. The zero-order valence-electron chi connectivity index (χ0n) is 11.5. The van der Waals surface area contributed by atoms with Crippen LogP contribution in [-0.4, -0.2) is 33.9 Å². The van der Waals surface area contributed by atoms with E-state index in [0.717, 1.165) is 5.56 Å². The first-order valence-electron chi connectivity index (χ1n) is 6.22. The van der Waals surface area contributed by atoms with E-state index in [0.29, 0.717) is 0 Å². The van der Waals surface area contributed by atoms with Crippen molar-refractivity contribution in [3.63, 3.8) is 0 Å². The van der Waals surface area contributed by atoms with Crippen LogP contribution in [0.3, 0.4) is 0 Å². The lowest BCUT2D eigenvalue weighted by molar-refractivity contribution is -0.139. The van der Waals surface area contributed by atoms with Crippen LogP contribution < -0.4 is 5.32 Å². The van der Waals surface area contributed by atoms with Gasteiger partial charge >= 0.3 is 12.1 Å². The molecule has 2 atom stereocenters. The number of hydrogen-bond acceptors (Lipinski definition) is 4. The fourth-order valence-corrected chi connectivity index (χ4v) is 1.60. The summed E-state index contributed by atoms with van der Waals surface area (Å²) in [5.74, 6) is -1.11. The first-order chi connectivity index (χ1) is 9.33. The number of rotatable bonds is 6. The van der Waals surface area contributed by atoms with Gasteiger partial charge in [-0.2, -0.15) is 0 Å². The number of aliphatic hydroxyl groups is 1. The van der Waals surface area contributed by atoms with Crippen LogP contribution in [0, 0.1) is 0 Å². The number of ether oxygens (including phenoxy) is 1. The minimum atomic E-state index is -1.28. The number of carboxylic acids is 1. The Morgan fingerprint density at radius 2 is 1.95 bits per heavy atom. The fraction of sp³-hybridized carbons (Fsp3) is 0.429. The molecule has 20 heavy (non-hydrogen) atoms. The minimum Gasteiger partial charge on any atom is -0.481 e. The van der Waals surface area contributed by atoms with Crippen molar-refractivity contribution in [2.24, 2.45) is 0 Å². The number of nitrogens with one attached hydrogen (secondary N) is 1. The minimum absolute atomic E-state index is 0.0790. The second-order valence-corrected chi connectivity index (χ2v) is 4.85. The van der Waals surface area contributed by atoms with Gasteiger partial charge in [0.1, 0.15) is 6.61 Å². The highest BCUT2D eigenvalue weighted by atomic mass is 16.5. The van der Waals surface area contributed by atoms with E-state index < -0.39 is 30.1 Å². The third-order valence-corrected chi connectivity index (χ3v) is 3.04. The summed E-state index contributed by atoms with van der Waals surface area (Å²) >= 11 is 0. The topological polar surface area (TPSA) is 95.9 Å². The molecule has 3 N–H and O–H groups in total. The summed E-state index contributed by atoms with van der Waals surface area (Å²) in [5, 5.41) is 20.8. The van der Waals surface area contributed by atoms with Crippen LogP contribution in [0.2, 0.25) is 0 Å². The quantitative estimate of drug-likeness (QED) is 0.735. The Morgan fingerprint density at radius 1 is 1.35 bits per heavy atom. The number of benzene rings is 1. The predicted octanol–water partition coefficient (Wildman–Crippen LogP) is 1.53. The third-order valence-electron chi connectivity index (χ3n) is 3.04. The van der Waals surface area contributed by atoms with Gasteiger partial charge in [-0.1, -0.05) is 30.3 Å². The molecule has 6 nitrogen and oxygen atoms in total. The molecule has 0 aromatic heterocycles. The second-order valence-electron chi connectivity index (χ2n) is 4.85. The number of aliphatic carboxylic acids is 1. The molecule has 110 valence electrons. The lowest BCUT2D eigenvalue weighted by Gasteiger charge is -2.31. The summed E-state index contributed by atoms with van der Waals surface area (Å²) in [6.45, 7) is 2.95. The largest absolute Gasteiger partial charge is 0.481 e. The molecule has 1 rings (SSSR count). The Hall–Kier alpha value is -2.08. The molecule has 1 amide bonds. The summed E-state index contributed by atoms with van der Waals surface area (Å²) in [4.78, 5) is 22.5. The van der Waals surface area contributed by atoms with E-state index >= 15 is 0 Å². The van der Waals surface area contributed by atoms with Crippen molar-refractivity contribution >= 4 is 12.1 Å². The summed E-state index contributed by atoms with van der Waals surface area (Å²) in [5.41, 5.74) is -0.459. The molecule has 0 bridgehead atoms. The molecule has 0 fully saturated rings. The summed E-state index contributed by atoms with van der Waals surface area (Å²) in [6, 6.07) is 9.10. The number of carbonyl (C=O) groups excluding carboxylic acids is 1. The molecule has 6 heteroatoms. The molecule has 0 spiro atoms. The highest BCUT2D eigenvalue weighted by Crippen LogP contribution is 2.15. The monoisotopic (exact) mass is 281 g/mol. The van der Waals surface area contributed by atoms with Crippen molar-refractivity contribution < 1.29 is 24.5 Å². The Morgan fingerprint density at radius 3 is 2.45 bits per heavy atom. The van der Waals surface area contributed by atoms with Crippen molar-refractivity contribution in [1.29, 1.82) is 0 Å². The number of amides is 1. The zero-order chi connectivity index (χ0) is 15.2. The standard InChI is InChI=1S/C14H19NO5/c1-10(16)14(2,8-12(17)18)15-13(19)20-9-11-6-4-3-5-7-11/h3-7,10,16H,8-9H2,1-2H3,(H,15,19)(H,17,18)/t10?,14-/m1/s1. The van der Waals surface area contributed by atoms with E-state index in [1.807, 2.05) is 18.2 Å². The van der Waals surface area contributed by atoms with Crippen molar-refractivity contribution in [2.45, 2.75) is 38.5 Å². The van der Waals surface area contributed by atoms with Crippen LogP contribution in [0.25, 0.3) is 0 Å². The smallest absolute Gasteiger partial charge is 0.407 e. The molecule has 0 heterocycles. The van der Waals surface area contributed by atoms with Gasteiger partial charge in [0.05, 0.1) is 18.1 Å². The Balaban J connectivity index is 2.56. The Kier molecular flexibility index (Phi) is 5.52. The average Bonchev–Trinajstić information content (AvgIpc) is 2.36. The van der Waals surface area contributed by atoms with E-state index in [9.17, 15) is 14.7 Å². The summed E-state index contributed by atoms with van der Waals surface area (Å²) in [7, 11) is 0. The molecular formula is C14H19NO5. The molecule has 0 aliphatic rings. The molecule has 0 radical (unpaired) electrons. The lowest BCUT2D eigenvalue weighted by atomic mass is 9.92. The van der Waals surface area contributed by atoms with Crippen molar-refractivity contribution in [1.82, 2.24) is 5.32 Å². The van der Waals surface area contributed by atoms with E-state index in [4.69, 9.17) is 9.84 Å². The predicted molar refractivity (Wildman–Crippen MR) is 72.1 cm³/mol. The van der Waals surface area contributed by atoms with Gasteiger partial charge in [0, 0.05) is 0 Å². The van der Waals surface area contributed by atoms with Crippen molar-refractivity contribution in [2.75, 3.05) is 0 Å². The van der Waals surface area contributed by atoms with Crippen LogP contribution in [0.5, 0.6) is 0 Å². The van der Waals surface area contributed by atoms with Crippen molar-refractivity contribution in [3.8, 4) is 0 Å². The lowest BCUT2D eigenvalue weighted by Crippen LogP contribution is -2.54. The van der Waals surface area contributed by atoms with Gasteiger partial charge in [-0.25, -0.2) is 4.79 Å². The highest BCUT2D eigenvalue weighted by molar-refractivity contribution is 5.72. The van der Waals surface area contributed by atoms with Gasteiger partial charge in [0.15, 0.2) is 0 Å². The molecule has 0 saturated carbocycles. The normalized spacial score (nSPS) is 14.9. The maximum atomic E-state index is 11.7. The van der Waals surface area contributed by atoms with Gasteiger partial charge in [-0.05, 0) is 19.4 Å². The Bertz CT molecular complexity index is 460. The zero-order valence-corrected chi connectivity index (χ0v) is 11.5. The Labute approximate surface area is 117 Å². The maximum Gasteiger partial charge on any atom is 0.407 e. The molecular weight excluding hydrogens is 262 g/mol. The molecule has 1 aromatic carbocycles. The molecule has 1 unspecified atom stereocenters. The SMILES string of the molecule is CC(O)[C@@](C)(CC(=O)O)NC(=O)OCc1ccccc1. The third kappa shape index (κ3) is 4.89.